The molecule has 0 aromatic heterocycles. The molecule has 0 bridgehead atoms. The van der Waals surface area contributed by atoms with Gasteiger partial charge >= 0.3 is 0 Å². The molecule has 0 saturated heterocycles. The van der Waals surface area contributed by atoms with Crippen molar-refractivity contribution in [3.05, 3.63) is 94.0 Å². The van der Waals surface area contributed by atoms with Gasteiger partial charge in [-0.3, -0.25) is 9.10 Å². The minimum Gasteiger partial charge on any atom is -0.348 e. The molecule has 36 heavy (non-hydrogen) atoms. The largest absolute Gasteiger partial charge is 0.348 e. The highest BCUT2D eigenvalue weighted by Gasteiger charge is 2.29. The molecule has 0 heterocycles. The summed E-state index contributed by atoms with van der Waals surface area (Å²) in [7, 11) is -3.95. The molecule has 1 amide bonds. The van der Waals surface area contributed by atoms with E-state index >= 15 is 0 Å². The first-order valence-electron chi connectivity index (χ1n) is 12.8. The lowest BCUT2D eigenvalue weighted by Crippen LogP contribution is -2.42. The Kier molecular flexibility index (Phi) is 7.84. The number of hydrogen-bond donors (Lipinski definition) is 1. The third-order valence-corrected chi connectivity index (χ3v) is 8.81. The summed E-state index contributed by atoms with van der Waals surface area (Å²) in [6.07, 6.45) is 5.33. The van der Waals surface area contributed by atoms with Crippen LogP contribution in [-0.4, -0.2) is 20.9 Å². The first-order valence-corrected chi connectivity index (χ1v) is 14.2. The van der Waals surface area contributed by atoms with Gasteiger partial charge in [-0.25, -0.2) is 8.42 Å². The summed E-state index contributed by atoms with van der Waals surface area (Å²) in [5.74, 6) is -0.324. The van der Waals surface area contributed by atoms with Crippen molar-refractivity contribution in [1.29, 1.82) is 0 Å². The number of benzene rings is 3. The van der Waals surface area contributed by atoms with E-state index in [1.807, 2.05) is 39.8 Å². The molecule has 0 unspecified atom stereocenters. The quantitative estimate of drug-likeness (QED) is 0.412. The molecule has 0 aliphatic heterocycles. The number of carbonyl (C=O) groups excluding carboxylic acids is 1. The van der Waals surface area contributed by atoms with E-state index in [0.29, 0.717) is 5.69 Å². The molecule has 190 valence electrons. The van der Waals surface area contributed by atoms with Crippen LogP contribution in [0.5, 0.6) is 0 Å². The fourth-order valence-corrected chi connectivity index (χ4v) is 6.47. The Morgan fingerprint density at radius 2 is 1.56 bits per heavy atom. The van der Waals surface area contributed by atoms with Crippen molar-refractivity contribution in [1.82, 2.24) is 5.32 Å². The van der Waals surface area contributed by atoms with Crippen LogP contribution in [0.2, 0.25) is 0 Å². The molecule has 0 radical (unpaired) electrons. The van der Waals surface area contributed by atoms with E-state index in [1.54, 1.807) is 30.3 Å². The number of hydrogen-bond acceptors (Lipinski definition) is 3. The Hall–Kier alpha value is -3.12. The molecule has 0 fully saturated rings. The Balaban J connectivity index is 1.62. The van der Waals surface area contributed by atoms with Crippen molar-refractivity contribution in [2.75, 3.05) is 10.8 Å². The van der Waals surface area contributed by atoms with Crippen LogP contribution in [0.1, 0.15) is 65.6 Å². The molecule has 5 nitrogen and oxygen atoms in total. The number of rotatable bonds is 8. The standard InChI is InChI=1S/C30H36N2O3S/c1-5-28(26-14-13-24-8-6-7-9-25(24)19-26)31-30(33)20-32(29-17-12-22(3)18-23(29)4)36(34,35)27-15-10-21(2)11-16-27/h10-19,28H,5-9,20H2,1-4H3,(H,31,33)/t28-/m0/s1. The fraction of sp³-hybridized carbons (Fsp3) is 0.367. The topological polar surface area (TPSA) is 66.5 Å². The Morgan fingerprint density at radius 3 is 2.22 bits per heavy atom. The zero-order valence-electron chi connectivity index (χ0n) is 21.7. The van der Waals surface area contributed by atoms with Crippen LogP contribution in [0.3, 0.4) is 0 Å². The molecule has 6 heteroatoms. The second-order valence-corrected chi connectivity index (χ2v) is 11.7. The van der Waals surface area contributed by atoms with Crippen LogP contribution >= 0.6 is 0 Å². The maximum Gasteiger partial charge on any atom is 0.264 e. The minimum absolute atomic E-state index is 0.169. The molecule has 0 spiro atoms. The summed E-state index contributed by atoms with van der Waals surface area (Å²) in [4.78, 5) is 13.5. The van der Waals surface area contributed by atoms with Crippen molar-refractivity contribution in [3.8, 4) is 0 Å². The molecule has 1 atom stereocenters. The molecule has 3 aromatic carbocycles. The van der Waals surface area contributed by atoms with Gasteiger partial charge in [-0.1, -0.05) is 60.5 Å². The third kappa shape index (κ3) is 5.65. The maximum atomic E-state index is 13.7. The summed E-state index contributed by atoms with van der Waals surface area (Å²) in [6, 6.07) is 18.7. The molecule has 0 saturated carbocycles. The van der Waals surface area contributed by atoms with E-state index in [0.717, 1.165) is 41.5 Å². The lowest BCUT2D eigenvalue weighted by atomic mass is 9.89. The number of aryl methyl sites for hydroxylation is 5. The van der Waals surface area contributed by atoms with Gasteiger partial charge in [0.25, 0.3) is 10.0 Å². The van der Waals surface area contributed by atoms with Crippen molar-refractivity contribution >= 4 is 21.6 Å². The number of anilines is 1. The zero-order chi connectivity index (χ0) is 25.9. The van der Waals surface area contributed by atoms with Crippen LogP contribution in [0.15, 0.2) is 65.6 Å². The molecule has 1 aliphatic rings. The number of amides is 1. The first kappa shape index (κ1) is 26.0. The predicted molar refractivity (Wildman–Crippen MR) is 146 cm³/mol. The highest BCUT2D eigenvalue weighted by atomic mass is 32.2. The molecule has 1 aliphatic carbocycles. The Bertz CT molecular complexity index is 1350. The van der Waals surface area contributed by atoms with E-state index in [4.69, 9.17) is 0 Å². The smallest absolute Gasteiger partial charge is 0.264 e. The van der Waals surface area contributed by atoms with Crippen molar-refractivity contribution in [2.24, 2.45) is 0 Å². The SMILES string of the molecule is CC[C@H](NC(=O)CN(c1ccc(C)cc1C)S(=O)(=O)c1ccc(C)cc1)c1ccc2c(c1)CCCC2. The summed E-state index contributed by atoms with van der Waals surface area (Å²) >= 11 is 0. The maximum absolute atomic E-state index is 13.7. The molecule has 3 aromatic rings. The number of nitrogens with zero attached hydrogens (tertiary/aromatic N) is 1. The highest BCUT2D eigenvalue weighted by Crippen LogP contribution is 2.29. The second-order valence-electron chi connectivity index (χ2n) is 9.88. The summed E-state index contributed by atoms with van der Waals surface area (Å²) in [5.41, 5.74) is 7.17. The monoisotopic (exact) mass is 504 g/mol. The average Bonchev–Trinajstić information content (AvgIpc) is 2.86. The van der Waals surface area contributed by atoms with Gasteiger partial charge in [-0.05, 0) is 93.3 Å². The number of sulfonamides is 1. The summed E-state index contributed by atoms with van der Waals surface area (Å²) in [5, 5.41) is 3.11. The van der Waals surface area contributed by atoms with Gasteiger partial charge in [0.1, 0.15) is 6.54 Å². The van der Waals surface area contributed by atoms with E-state index in [9.17, 15) is 13.2 Å². The lowest BCUT2D eigenvalue weighted by Gasteiger charge is -2.27. The second kappa shape index (κ2) is 10.9. The van der Waals surface area contributed by atoms with E-state index in [2.05, 4.69) is 23.5 Å². The first-order chi connectivity index (χ1) is 17.2. The van der Waals surface area contributed by atoms with Crippen LogP contribution in [0.4, 0.5) is 5.69 Å². The van der Waals surface area contributed by atoms with E-state index in [-0.39, 0.29) is 23.4 Å². The van der Waals surface area contributed by atoms with E-state index < -0.39 is 10.0 Å². The van der Waals surface area contributed by atoms with Gasteiger partial charge in [-0.2, -0.15) is 0 Å². The van der Waals surface area contributed by atoms with Crippen LogP contribution in [0.25, 0.3) is 0 Å². The molecular formula is C30H36N2O3S. The molecule has 1 N–H and O–H groups in total. The summed E-state index contributed by atoms with van der Waals surface area (Å²) < 4.78 is 28.7. The van der Waals surface area contributed by atoms with Crippen LogP contribution in [-0.2, 0) is 27.7 Å². The van der Waals surface area contributed by atoms with Gasteiger partial charge in [-0.15, -0.1) is 0 Å². The molecule has 4 rings (SSSR count). The average molecular weight is 505 g/mol. The normalized spacial score (nSPS) is 14.1. The van der Waals surface area contributed by atoms with Gasteiger partial charge < -0.3 is 5.32 Å². The van der Waals surface area contributed by atoms with Crippen molar-refractivity contribution in [3.63, 3.8) is 0 Å². The number of fused-ring (bicyclic) bond motifs is 1. The fourth-order valence-electron chi connectivity index (χ4n) is 4.98. The van der Waals surface area contributed by atoms with Crippen molar-refractivity contribution in [2.45, 2.75) is 70.7 Å². The van der Waals surface area contributed by atoms with Gasteiger partial charge in [0, 0.05) is 0 Å². The van der Waals surface area contributed by atoms with Crippen LogP contribution in [0, 0.1) is 20.8 Å². The minimum atomic E-state index is -3.95. The number of nitrogens with one attached hydrogen (secondary N) is 1. The Labute approximate surface area is 215 Å². The van der Waals surface area contributed by atoms with E-state index in [1.165, 1.54) is 28.3 Å². The zero-order valence-corrected chi connectivity index (χ0v) is 22.5. The highest BCUT2D eigenvalue weighted by molar-refractivity contribution is 7.92. The van der Waals surface area contributed by atoms with Crippen molar-refractivity contribution < 1.29 is 13.2 Å². The van der Waals surface area contributed by atoms with Gasteiger partial charge in [0.2, 0.25) is 5.91 Å². The van der Waals surface area contributed by atoms with Gasteiger partial charge in [0.05, 0.1) is 16.6 Å². The lowest BCUT2D eigenvalue weighted by molar-refractivity contribution is -0.120. The molecular weight excluding hydrogens is 468 g/mol. The number of carbonyl (C=O) groups is 1. The Morgan fingerprint density at radius 1 is 0.889 bits per heavy atom. The third-order valence-electron chi connectivity index (χ3n) is 7.04. The van der Waals surface area contributed by atoms with Crippen LogP contribution < -0.4 is 9.62 Å². The predicted octanol–water partition coefficient (Wildman–Crippen LogP) is 5.95. The summed E-state index contributed by atoms with van der Waals surface area (Å²) in [6.45, 7) is 7.50. The van der Waals surface area contributed by atoms with Gasteiger partial charge in [0.15, 0.2) is 0 Å².